The maximum atomic E-state index is 13.5. The minimum Gasteiger partial charge on any atom is -0.352 e. The predicted molar refractivity (Wildman–Crippen MR) is 70.5 cm³/mol. The van der Waals surface area contributed by atoms with Gasteiger partial charge in [-0.15, -0.1) is 0 Å². The van der Waals surface area contributed by atoms with Crippen LogP contribution >= 0.6 is 15.9 Å². The van der Waals surface area contributed by atoms with Gasteiger partial charge in [-0.2, -0.15) is 0 Å². The Hall–Kier alpha value is -0.900. The molecule has 0 aliphatic carbocycles. The third kappa shape index (κ3) is 4.46. The number of nitrogens with one attached hydrogen (secondary N) is 1. The number of rotatable bonds is 3. The molecule has 1 amide bonds. The number of carbonyl (C=O) groups is 1. The maximum absolute atomic E-state index is 13.5. The summed E-state index contributed by atoms with van der Waals surface area (Å²) in [5.41, 5.74) is 0.223. The highest BCUT2D eigenvalue weighted by Gasteiger charge is 2.16. The van der Waals surface area contributed by atoms with Crippen molar-refractivity contribution in [3.63, 3.8) is 0 Å². The molecule has 0 unspecified atom stereocenters. The predicted octanol–water partition coefficient (Wildman–Crippen LogP) is 3.75. The van der Waals surface area contributed by atoms with Gasteiger partial charge in [-0.1, -0.05) is 26.8 Å². The van der Waals surface area contributed by atoms with E-state index in [1.165, 1.54) is 6.07 Å². The van der Waals surface area contributed by atoms with Gasteiger partial charge in [0.15, 0.2) is 0 Å². The molecule has 4 heteroatoms. The monoisotopic (exact) mass is 301 g/mol. The summed E-state index contributed by atoms with van der Waals surface area (Å²) >= 11 is 3.18. The van der Waals surface area contributed by atoms with Gasteiger partial charge < -0.3 is 5.32 Å². The summed E-state index contributed by atoms with van der Waals surface area (Å²) in [4.78, 5) is 11.8. The lowest BCUT2D eigenvalue weighted by atomic mass is 9.92. The minimum atomic E-state index is -0.507. The Balaban J connectivity index is 2.65. The van der Waals surface area contributed by atoms with Gasteiger partial charge >= 0.3 is 0 Å². The summed E-state index contributed by atoms with van der Waals surface area (Å²) in [6, 6.07) is 4.50. The highest BCUT2D eigenvalue weighted by Crippen LogP contribution is 2.20. The molecule has 0 heterocycles. The quantitative estimate of drug-likeness (QED) is 0.905. The second kappa shape index (κ2) is 5.63. The van der Waals surface area contributed by atoms with E-state index in [2.05, 4.69) is 42.0 Å². The van der Waals surface area contributed by atoms with E-state index in [4.69, 9.17) is 0 Å². The van der Waals surface area contributed by atoms with Crippen LogP contribution in [0.3, 0.4) is 0 Å². The van der Waals surface area contributed by atoms with Crippen molar-refractivity contribution in [1.29, 1.82) is 0 Å². The minimum absolute atomic E-state index is 0.0707. The van der Waals surface area contributed by atoms with Crippen molar-refractivity contribution >= 4 is 21.8 Å². The summed E-state index contributed by atoms with van der Waals surface area (Å²) in [7, 11) is 0. The standard InChI is InChI=1S/C13H17BrFNO/c1-13(2,3)7-8-16-12(17)11-9(14)5-4-6-10(11)15/h4-6H,7-8H2,1-3H3,(H,16,17). The van der Waals surface area contributed by atoms with Crippen LogP contribution in [0.25, 0.3) is 0 Å². The van der Waals surface area contributed by atoms with Gasteiger partial charge in [0, 0.05) is 11.0 Å². The lowest BCUT2D eigenvalue weighted by molar-refractivity contribution is 0.0944. The Morgan fingerprint density at radius 1 is 1.41 bits per heavy atom. The molecule has 94 valence electrons. The highest BCUT2D eigenvalue weighted by molar-refractivity contribution is 9.10. The maximum Gasteiger partial charge on any atom is 0.255 e. The molecule has 0 spiro atoms. The number of hydrogen-bond donors (Lipinski definition) is 1. The largest absolute Gasteiger partial charge is 0.352 e. The van der Waals surface area contributed by atoms with Crippen molar-refractivity contribution in [2.45, 2.75) is 27.2 Å². The zero-order valence-electron chi connectivity index (χ0n) is 10.3. The molecular formula is C13H17BrFNO. The van der Waals surface area contributed by atoms with Gasteiger partial charge in [0.1, 0.15) is 5.82 Å². The molecular weight excluding hydrogens is 285 g/mol. The third-order valence-corrected chi connectivity index (χ3v) is 3.01. The van der Waals surface area contributed by atoms with Crippen LogP contribution in [0.15, 0.2) is 22.7 Å². The van der Waals surface area contributed by atoms with E-state index in [0.717, 1.165) is 6.42 Å². The van der Waals surface area contributed by atoms with E-state index in [1.807, 2.05) is 0 Å². The number of benzene rings is 1. The Bertz CT molecular complexity index is 392. The fourth-order valence-corrected chi connectivity index (χ4v) is 1.88. The molecule has 1 aromatic carbocycles. The fourth-order valence-electron chi connectivity index (χ4n) is 1.35. The van der Waals surface area contributed by atoms with Crippen molar-refractivity contribution in [3.8, 4) is 0 Å². The molecule has 0 aromatic heterocycles. The SMILES string of the molecule is CC(C)(C)CCNC(=O)c1c(F)cccc1Br. The molecule has 0 radical (unpaired) electrons. The van der Waals surface area contributed by atoms with Crippen molar-refractivity contribution in [2.24, 2.45) is 5.41 Å². The smallest absolute Gasteiger partial charge is 0.255 e. The van der Waals surface area contributed by atoms with Gasteiger partial charge in [-0.3, -0.25) is 4.79 Å². The first-order valence-electron chi connectivity index (χ1n) is 5.53. The van der Waals surface area contributed by atoms with Crippen LogP contribution in [-0.4, -0.2) is 12.5 Å². The van der Waals surface area contributed by atoms with Crippen LogP contribution in [0.1, 0.15) is 37.6 Å². The fraction of sp³-hybridized carbons (Fsp3) is 0.462. The average Bonchev–Trinajstić information content (AvgIpc) is 2.15. The van der Waals surface area contributed by atoms with Gasteiger partial charge in [0.25, 0.3) is 5.91 Å². The van der Waals surface area contributed by atoms with Gasteiger partial charge in [-0.05, 0) is 39.9 Å². The molecule has 0 aliphatic heterocycles. The highest BCUT2D eigenvalue weighted by atomic mass is 79.9. The third-order valence-electron chi connectivity index (χ3n) is 2.35. The molecule has 0 fully saturated rings. The molecule has 0 bridgehead atoms. The number of hydrogen-bond acceptors (Lipinski definition) is 1. The van der Waals surface area contributed by atoms with Gasteiger partial charge in [0.05, 0.1) is 5.56 Å². The summed E-state index contributed by atoms with van der Waals surface area (Å²) in [5, 5.41) is 2.73. The topological polar surface area (TPSA) is 29.1 Å². The summed E-state index contributed by atoms with van der Waals surface area (Å²) in [5.74, 6) is -0.883. The van der Waals surface area contributed by atoms with Crippen LogP contribution in [0.5, 0.6) is 0 Å². The van der Waals surface area contributed by atoms with E-state index < -0.39 is 5.82 Å². The lowest BCUT2D eigenvalue weighted by Gasteiger charge is -2.18. The van der Waals surface area contributed by atoms with E-state index >= 15 is 0 Å². The molecule has 2 nitrogen and oxygen atoms in total. The Morgan fingerprint density at radius 2 is 2.06 bits per heavy atom. The van der Waals surface area contributed by atoms with Crippen molar-refractivity contribution in [3.05, 3.63) is 34.1 Å². The van der Waals surface area contributed by atoms with Crippen molar-refractivity contribution in [2.75, 3.05) is 6.54 Å². The van der Waals surface area contributed by atoms with E-state index in [9.17, 15) is 9.18 Å². The Kier molecular flexibility index (Phi) is 4.69. The van der Waals surface area contributed by atoms with Crippen LogP contribution in [0, 0.1) is 11.2 Å². The Labute approximate surface area is 110 Å². The molecule has 1 rings (SSSR count). The first-order valence-corrected chi connectivity index (χ1v) is 6.33. The molecule has 0 saturated carbocycles. The van der Waals surface area contributed by atoms with Crippen LogP contribution < -0.4 is 5.32 Å². The molecule has 1 N–H and O–H groups in total. The average molecular weight is 302 g/mol. The van der Waals surface area contributed by atoms with Crippen molar-refractivity contribution in [1.82, 2.24) is 5.32 Å². The van der Waals surface area contributed by atoms with Crippen molar-refractivity contribution < 1.29 is 9.18 Å². The Morgan fingerprint density at radius 3 is 2.59 bits per heavy atom. The summed E-state index contributed by atoms with van der Waals surface area (Å²) < 4.78 is 13.9. The van der Waals surface area contributed by atoms with E-state index in [1.54, 1.807) is 12.1 Å². The second-order valence-electron chi connectivity index (χ2n) is 5.16. The van der Waals surface area contributed by atoms with E-state index in [0.29, 0.717) is 11.0 Å². The zero-order chi connectivity index (χ0) is 13.1. The molecule has 1 aromatic rings. The summed E-state index contributed by atoms with van der Waals surface area (Å²) in [6.07, 6.45) is 0.852. The lowest BCUT2D eigenvalue weighted by Crippen LogP contribution is -2.28. The molecule has 0 aliphatic rings. The second-order valence-corrected chi connectivity index (χ2v) is 6.02. The van der Waals surface area contributed by atoms with Crippen LogP contribution in [-0.2, 0) is 0 Å². The normalized spacial score (nSPS) is 11.4. The zero-order valence-corrected chi connectivity index (χ0v) is 11.9. The summed E-state index contributed by atoms with van der Waals surface area (Å²) in [6.45, 7) is 6.83. The molecule has 0 atom stereocenters. The van der Waals surface area contributed by atoms with Crippen LogP contribution in [0.4, 0.5) is 4.39 Å². The van der Waals surface area contributed by atoms with E-state index in [-0.39, 0.29) is 16.9 Å². The molecule has 17 heavy (non-hydrogen) atoms. The number of carbonyl (C=O) groups excluding carboxylic acids is 1. The van der Waals surface area contributed by atoms with Crippen LogP contribution in [0.2, 0.25) is 0 Å². The van der Waals surface area contributed by atoms with Gasteiger partial charge in [0.2, 0.25) is 0 Å². The first kappa shape index (κ1) is 14.2. The number of amides is 1. The first-order chi connectivity index (χ1) is 7.81. The van der Waals surface area contributed by atoms with Gasteiger partial charge in [-0.25, -0.2) is 4.39 Å². The molecule has 0 saturated heterocycles. The number of halogens is 2.